The summed E-state index contributed by atoms with van der Waals surface area (Å²) in [5, 5.41) is 2.89. The Morgan fingerprint density at radius 1 is 0.895 bits per heavy atom. The summed E-state index contributed by atoms with van der Waals surface area (Å²) in [4.78, 5) is 12.0. The third-order valence-corrected chi connectivity index (χ3v) is 3.94. The molecule has 0 aliphatic rings. The third-order valence-electron chi connectivity index (χ3n) is 2.49. The lowest BCUT2D eigenvalue weighted by molar-refractivity contribution is 0.0951. The molecule has 0 heterocycles. The highest BCUT2D eigenvalue weighted by Crippen LogP contribution is 2.20. The summed E-state index contributed by atoms with van der Waals surface area (Å²) in [6, 6.07) is 13.3. The average molecular weight is 448 g/mol. The van der Waals surface area contributed by atoms with E-state index in [1.54, 1.807) is 12.1 Å². The van der Waals surface area contributed by atoms with Crippen molar-refractivity contribution in [3.8, 4) is 0 Å². The average Bonchev–Trinajstić information content (AvgIpc) is 2.36. The molecular formula is C14H10Br3NO. The van der Waals surface area contributed by atoms with Crippen molar-refractivity contribution in [3.05, 3.63) is 67.0 Å². The van der Waals surface area contributed by atoms with Gasteiger partial charge in [0.2, 0.25) is 0 Å². The van der Waals surface area contributed by atoms with E-state index in [2.05, 4.69) is 53.1 Å². The van der Waals surface area contributed by atoms with Crippen LogP contribution in [0.5, 0.6) is 0 Å². The summed E-state index contributed by atoms with van der Waals surface area (Å²) in [6.07, 6.45) is 0. The van der Waals surface area contributed by atoms with E-state index in [0.717, 1.165) is 19.0 Å². The second kappa shape index (κ2) is 6.68. The van der Waals surface area contributed by atoms with Gasteiger partial charge in [0.15, 0.2) is 0 Å². The molecule has 0 spiro atoms. The lowest BCUT2D eigenvalue weighted by Gasteiger charge is -2.06. The highest BCUT2D eigenvalue weighted by molar-refractivity contribution is 9.11. The van der Waals surface area contributed by atoms with E-state index in [9.17, 15) is 4.79 Å². The predicted octanol–water partition coefficient (Wildman–Crippen LogP) is 4.90. The van der Waals surface area contributed by atoms with Crippen LogP contribution in [0, 0.1) is 0 Å². The Hall–Kier alpha value is -0.650. The highest BCUT2D eigenvalue weighted by Gasteiger charge is 2.07. The number of nitrogens with one attached hydrogen (secondary N) is 1. The minimum Gasteiger partial charge on any atom is -0.348 e. The maximum atomic E-state index is 12.0. The lowest BCUT2D eigenvalue weighted by atomic mass is 10.2. The van der Waals surface area contributed by atoms with Crippen molar-refractivity contribution in [3.63, 3.8) is 0 Å². The SMILES string of the molecule is O=C(NCc1ccc(Br)cc1)c1cc(Br)cc(Br)c1. The Labute approximate surface area is 137 Å². The first-order valence-corrected chi connectivity index (χ1v) is 7.91. The number of halogens is 3. The standard InChI is InChI=1S/C14H10Br3NO/c15-11-3-1-9(2-4-11)8-18-14(19)10-5-12(16)7-13(17)6-10/h1-7H,8H2,(H,18,19). The Morgan fingerprint density at radius 2 is 1.47 bits per heavy atom. The smallest absolute Gasteiger partial charge is 0.251 e. The van der Waals surface area contributed by atoms with Crippen LogP contribution in [0.3, 0.4) is 0 Å². The summed E-state index contributed by atoms with van der Waals surface area (Å²) in [5.74, 6) is -0.0927. The first kappa shape index (κ1) is 14.8. The molecular weight excluding hydrogens is 438 g/mol. The zero-order valence-electron chi connectivity index (χ0n) is 9.79. The molecule has 0 bridgehead atoms. The number of hydrogen-bond donors (Lipinski definition) is 1. The molecule has 2 nitrogen and oxygen atoms in total. The van der Waals surface area contributed by atoms with Crippen LogP contribution in [-0.2, 0) is 6.54 Å². The van der Waals surface area contributed by atoms with Gasteiger partial charge in [0.25, 0.3) is 5.91 Å². The molecule has 0 unspecified atom stereocenters. The molecule has 0 fully saturated rings. The monoisotopic (exact) mass is 445 g/mol. The molecule has 1 N–H and O–H groups in total. The molecule has 2 aromatic carbocycles. The molecule has 5 heteroatoms. The van der Waals surface area contributed by atoms with Gasteiger partial charge in [-0.2, -0.15) is 0 Å². The van der Waals surface area contributed by atoms with Crippen molar-refractivity contribution in [2.24, 2.45) is 0 Å². The topological polar surface area (TPSA) is 29.1 Å². The van der Waals surface area contributed by atoms with Gasteiger partial charge in [-0.25, -0.2) is 0 Å². The Balaban J connectivity index is 2.03. The lowest BCUT2D eigenvalue weighted by Crippen LogP contribution is -2.22. The van der Waals surface area contributed by atoms with E-state index in [1.807, 2.05) is 30.3 Å². The Kier molecular flexibility index (Phi) is 5.19. The fraction of sp³-hybridized carbons (Fsp3) is 0.0714. The zero-order chi connectivity index (χ0) is 13.8. The zero-order valence-corrected chi connectivity index (χ0v) is 14.5. The molecule has 1 amide bonds. The van der Waals surface area contributed by atoms with Crippen LogP contribution in [0.1, 0.15) is 15.9 Å². The van der Waals surface area contributed by atoms with E-state index >= 15 is 0 Å². The van der Waals surface area contributed by atoms with Crippen LogP contribution < -0.4 is 5.32 Å². The van der Waals surface area contributed by atoms with Crippen molar-refractivity contribution in [1.29, 1.82) is 0 Å². The van der Waals surface area contributed by atoms with Crippen LogP contribution in [0.4, 0.5) is 0 Å². The van der Waals surface area contributed by atoms with E-state index in [1.165, 1.54) is 0 Å². The molecule has 0 saturated carbocycles. The van der Waals surface area contributed by atoms with Crippen LogP contribution >= 0.6 is 47.8 Å². The van der Waals surface area contributed by atoms with Gasteiger partial charge in [0, 0.05) is 25.5 Å². The van der Waals surface area contributed by atoms with Crippen molar-refractivity contribution < 1.29 is 4.79 Å². The van der Waals surface area contributed by atoms with E-state index in [4.69, 9.17) is 0 Å². The summed E-state index contributed by atoms with van der Waals surface area (Å²) in [7, 11) is 0. The summed E-state index contributed by atoms with van der Waals surface area (Å²) in [5.41, 5.74) is 1.68. The van der Waals surface area contributed by atoms with Crippen molar-refractivity contribution in [2.45, 2.75) is 6.54 Å². The molecule has 0 radical (unpaired) electrons. The van der Waals surface area contributed by atoms with Gasteiger partial charge in [-0.3, -0.25) is 4.79 Å². The molecule has 19 heavy (non-hydrogen) atoms. The normalized spacial score (nSPS) is 10.3. The molecule has 0 aromatic heterocycles. The van der Waals surface area contributed by atoms with Gasteiger partial charge in [-0.15, -0.1) is 0 Å². The number of rotatable bonds is 3. The van der Waals surface area contributed by atoms with Crippen LogP contribution in [0.25, 0.3) is 0 Å². The van der Waals surface area contributed by atoms with E-state index < -0.39 is 0 Å². The number of amides is 1. The third kappa shape index (κ3) is 4.44. The van der Waals surface area contributed by atoms with Crippen molar-refractivity contribution >= 4 is 53.7 Å². The van der Waals surface area contributed by atoms with Gasteiger partial charge in [-0.05, 0) is 35.9 Å². The fourth-order valence-electron chi connectivity index (χ4n) is 1.57. The van der Waals surface area contributed by atoms with Crippen molar-refractivity contribution in [2.75, 3.05) is 0 Å². The Morgan fingerprint density at radius 3 is 2.05 bits per heavy atom. The summed E-state index contributed by atoms with van der Waals surface area (Å²) in [6.45, 7) is 0.510. The quantitative estimate of drug-likeness (QED) is 0.712. The fourth-order valence-corrected chi connectivity index (χ4v) is 3.13. The van der Waals surface area contributed by atoms with Gasteiger partial charge in [-0.1, -0.05) is 59.9 Å². The molecule has 2 aromatic rings. The van der Waals surface area contributed by atoms with Crippen LogP contribution in [0.15, 0.2) is 55.9 Å². The van der Waals surface area contributed by atoms with Crippen LogP contribution in [0.2, 0.25) is 0 Å². The second-order valence-electron chi connectivity index (χ2n) is 3.97. The molecule has 98 valence electrons. The van der Waals surface area contributed by atoms with E-state index in [-0.39, 0.29) is 5.91 Å². The maximum absolute atomic E-state index is 12.0. The second-order valence-corrected chi connectivity index (χ2v) is 6.71. The molecule has 0 aliphatic heterocycles. The number of hydrogen-bond acceptors (Lipinski definition) is 1. The number of carbonyl (C=O) groups excluding carboxylic acids is 1. The molecule has 0 aliphatic carbocycles. The van der Waals surface area contributed by atoms with E-state index in [0.29, 0.717) is 12.1 Å². The Bertz CT molecular complexity index is 576. The summed E-state index contributed by atoms with van der Waals surface area (Å²) >= 11 is 10.1. The molecule has 2 rings (SSSR count). The van der Waals surface area contributed by atoms with Gasteiger partial charge < -0.3 is 5.32 Å². The summed E-state index contributed by atoms with van der Waals surface area (Å²) < 4.78 is 2.77. The number of benzene rings is 2. The maximum Gasteiger partial charge on any atom is 0.251 e. The minimum atomic E-state index is -0.0927. The first-order chi connectivity index (χ1) is 9.04. The highest BCUT2D eigenvalue weighted by atomic mass is 79.9. The van der Waals surface area contributed by atoms with Crippen molar-refractivity contribution in [1.82, 2.24) is 5.32 Å². The predicted molar refractivity (Wildman–Crippen MR) is 87.2 cm³/mol. The first-order valence-electron chi connectivity index (χ1n) is 5.53. The molecule has 0 saturated heterocycles. The van der Waals surface area contributed by atoms with Gasteiger partial charge in [0.05, 0.1) is 0 Å². The largest absolute Gasteiger partial charge is 0.348 e. The van der Waals surface area contributed by atoms with Gasteiger partial charge >= 0.3 is 0 Å². The van der Waals surface area contributed by atoms with Gasteiger partial charge in [0.1, 0.15) is 0 Å². The minimum absolute atomic E-state index is 0.0927. The number of carbonyl (C=O) groups is 1. The molecule has 0 atom stereocenters. The van der Waals surface area contributed by atoms with Crippen LogP contribution in [-0.4, -0.2) is 5.91 Å².